The number of fused-ring (bicyclic) bond motifs is 3. The maximum Gasteiger partial charge on any atom is 0.221 e. The Hall–Kier alpha value is -4.14. The number of nitriles is 1. The van der Waals surface area contributed by atoms with Gasteiger partial charge in [-0.1, -0.05) is 60.7 Å². The summed E-state index contributed by atoms with van der Waals surface area (Å²) in [5, 5.41) is 13.7. The van der Waals surface area contributed by atoms with Crippen molar-refractivity contribution < 1.29 is 4.84 Å². The minimum atomic E-state index is -0.903. The largest absolute Gasteiger partial charge is 0.368 e. The van der Waals surface area contributed by atoms with Gasteiger partial charge in [0.15, 0.2) is 0 Å². The fourth-order valence-electron chi connectivity index (χ4n) is 6.54. The molecule has 7 rings (SSSR count). The molecule has 0 aromatic heterocycles. The van der Waals surface area contributed by atoms with Crippen LogP contribution in [-0.4, -0.2) is 18.1 Å². The average Bonchev–Trinajstić information content (AvgIpc) is 3.31. The summed E-state index contributed by atoms with van der Waals surface area (Å²) in [5.41, 5.74) is 12.8. The zero-order valence-corrected chi connectivity index (χ0v) is 19.5. The number of benzene rings is 4. The van der Waals surface area contributed by atoms with E-state index < -0.39 is 5.72 Å². The van der Waals surface area contributed by atoms with Crippen molar-refractivity contribution in [2.45, 2.75) is 25.0 Å². The van der Waals surface area contributed by atoms with E-state index in [2.05, 4.69) is 60.7 Å². The molecule has 2 aliphatic carbocycles. The number of guanidine groups is 1. The molecular formula is C30H24N4O. The maximum atomic E-state index is 9.39. The lowest BCUT2D eigenvalue weighted by Crippen LogP contribution is -2.47. The van der Waals surface area contributed by atoms with Crippen molar-refractivity contribution in [2.24, 2.45) is 16.1 Å². The van der Waals surface area contributed by atoms with Gasteiger partial charge in [0.1, 0.15) is 0 Å². The Morgan fingerprint density at radius 1 is 0.886 bits per heavy atom. The molecule has 0 radical (unpaired) electrons. The van der Waals surface area contributed by atoms with E-state index >= 15 is 0 Å². The van der Waals surface area contributed by atoms with Crippen LogP contribution in [0.15, 0.2) is 83.9 Å². The summed E-state index contributed by atoms with van der Waals surface area (Å²) in [7, 11) is 1.83. The van der Waals surface area contributed by atoms with Crippen molar-refractivity contribution in [3.8, 4) is 17.2 Å². The van der Waals surface area contributed by atoms with Crippen molar-refractivity contribution >= 4 is 16.7 Å². The minimum absolute atomic E-state index is 0.291. The molecule has 1 aliphatic heterocycles. The Morgan fingerprint density at radius 3 is 2.26 bits per heavy atom. The van der Waals surface area contributed by atoms with E-state index in [4.69, 9.17) is 15.6 Å². The Morgan fingerprint density at radius 2 is 1.57 bits per heavy atom. The molecule has 4 aromatic carbocycles. The monoisotopic (exact) mass is 456 g/mol. The first-order chi connectivity index (χ1) is 17.0. The van der Waals surface area contributed by atoms with Crippen LogP contribution in [0.1, 0.15) is 27.8 Å². The Balaban J connectivity index is 1.43. The highest BCUT2D eigenvalue weighted by Crippen LogP contribution is 2.61. The van der Waals surface area contributed by atoms with Crippen molar-refractivity contribution in [2.75, 3.05) is 7.05 Å². The molecule has 0 fully saturated rings. The molecule has 1 unspecified atom stereocenters. The summed E-state index contributed by atoms with van der Waals surface area (Å²) in [6.45, 7) is 0. The Kier molecular flexibility index (Phi) is 4.02. The summed E-state index contributed by atoms with van der Waals surface area (Å²) in [4.78, 5) is 11.7. The second-order valence-electron chi connectivity index (χ2n) is 10.0. The predicted octanol–water partition coefficient (Wildman–Crippen LogP) is 5.06. The molecular weight excluding hydrogens is 432 g/mol. The molecule has 2 N–H and O–H groups in total. The van der Waals surface area contributed by atoms with Crippen LogP contribution in [0.4, 0.5) is 0 Å². The number of hydrogen-bond donors (Lipinski definition) is 1. The zero-order chi connectivity index (χ0) is 23.8. The van der Waals surface area contributed by atoms with Crippen LogP contribution in [-0.2, 0) is 29.8 Å². The number of hydrogen-bond acceptors (Lipinski definition) is 5. The molecule has 0 bridgehead atoms. The third-order valence-corrected chi connectivity index (χ3v) is 8.05. The summed E-state index contributed by atoms with van der Waals surface area (Å²) >= 11 is 0. The SMILES string of the molecule is CN1OC2(N=C1N)c1cc(-c3cccc(C#N)c3)ccc1CC21Cc2cccc3cccc(c23)C1. The normalized spacial score (nSPS) is 21.4. The lowest BCUT2D eigenvalue weighted by molar-refractivity contribution is -0.222. The minimum Gasteiger partial charge on any atom is -0.368 e. The van der Waals surface area contributed by atoms with Crippen LogP contribution < -0.4 is 5.73 Å². The molecule has 35 heavy (non-hydrogen) atoms. The third kappa shape index (κ3) is 2.69. The molecule has 0 amide bonds. The molecule has 3 aliphatic rings. The van der Waals surface area contributed by atoms with Crippen molar-refractivity contribution in [3.05, 3.63) is 107 Å². The molecule has 1 atom stereocenters. The smallest absolute Gasteiger partial charge is 0.221 e. The van der Waals surface area contributed by atoms with E-state index in [9.17, 15) is 5.26 Å². The van der Waals surface area contributed by atoms with Gasteiger partial charge < -0.3 is 5.73 Å². The van der Waals surface area contributed by atoms with E-state index in [1.54, 1.807) is 5.06 Å². The van der Waals surface area contributed by atoms with Crippen LogP contribution in [0.25, 0.3) is 21.9 Å². The van der Waals surface area contributed by atoms with E-state index in [1.807, 2.05) is 31.3 Å². The van der Waals surface area contributed by atoms with Crippen LogP contribution in [0.3, 0.4) is 0 Å². The average molecular weight is 457 g/mol. The number of hydroxylamine groups is 2. The quantitative estimate of drug-likeness (QED) is 0.434. The van der Waals surface area contributed by atoms with Gasteiger partial charge in [0.05, 0.1) is 11.6 Å². The molecule has 4 aromatic rings. The first kappa shape index (κ1) is 20.3. The van der Waals surface area contributed by atoms with Crippen molar-refractivity contribution in [1.82, 2.24) is 5.06 Å². The Labute approximate surface area is 204 Å². The van der Waals surface area contributed by atoms with Gasteiger partial charge >= 0.3 is 0 Å². The van der Waals surface area contributed by atoms with E-state index in [0.717, 1.165) is 36.0 Å². The summed E-state index contributed by atoms with van der Waals surface area (Å²) < 4.78 is 0. The van der Waals surface area contributed by atoms with Crippen LogP contribution in [0, 0.1) is 16.7 Å². The fraction of sp³-hybridized carbons (Fsp3) is 0.200. The predicted molar refractivity (Wildman–Crippen MR) is 136 cm³/mol. The molecule has 1 heterocycles. The van der Waals surface area contributed by atoms with E-state index in [-0.39, 0.29) is 5.41 Å². The highest BCUT2D eigenvalue weighted by Gasteiger charge is 2.63. The molecule has 5 nitrogen and oxygen atoms in total. The van der Waals surface area contributed by atoms with Crippen molar-refractivity contribution in [3.63, 3.8) is 0 Å². The summed E-state index contributed by atoms with van der Waals surface area (Å²) in [5.74, 6) is 0.395. The van der Waals surface area contributed by atoms with E-state index in [1.165, 1.54) is 27.5 Å². The second kappa shape index (κ2) is 6.94. The molecule has 5 heteroatoms. The first-order valence-corrected chi connectivity index (χ1v) is 11.9. The van der Waals surface area contributed by atoms with Gasteiger partial charge in [-0.25, -0.2) is 14.9 Å². The first-order valence-electron chi connectivity index (χ1n) is 11.9. The third-order valence-electron chi connectivity index (χ3n) is 8.05. The van der Waals surface area contributed by atoms with Crippen LogP contribution in [0.5, 0.6) is 0 Å². The highest BCUT2D eigenvalue weighted by molar-refractivity contribution is 5.90. The number of nitrogens with zero attached hydrogens (tertiary/aromatic N) is 3. The molecule has 170 valence electrons. The molecule has 0 saturated heterocycles. The highest BCUT2D eigenvalue weighted by atomic mass is 16.7. The van der Waals surface area contributed by atoms with Gasteiger partial charge in [-0.15, -0.1) is 0 Å². The second-order valence-corrected chi connectivity index (χ2v) is 10.0. The maximum absolute atomic E-state index is 9.39. The zero-order valence-electron chi connectivity index (χ0n) is 19.5. The lowest BCUT2D eigenvalue weighted by atomic mass is 9.65. The van der Waals surface area contributed by atoms with Gasteiger partial charge in [0.2, 0.25) is 11.7 Å². The topological polar surface area (TPSA) is 74.6 Å². The fourth-order valence-corrected chi connectivity index (χ4v) is 6.54. The van der Waals surface area contributed by atoms with Gasteiger partial charge in [0.25, 0.3) is 0 Å². The van der Waals surface area contributed by atoms with Gasteiger partial charge in [0, 0.05) is 18.0 Å². The number of aliphatic imine (C=N–C) groups is 1. The van der Waals surface area contributed by atoms with Crippen LogP contribution >= 0.6 is 0 Å². The molecule has 2 spiro atoms. The van der Waals surface area contributed by atoms with Gasteiger partial charge in [-0.3, -0.25) is 0 Å². The lowest BCUT2D eigenvalue weighted by Gasteiger charge is -2.44. The van der Waals surface area contributed by atoms with Crippen molar-refractivity contribution in [1.29, 1.82) is 5.26 Å². The summed E-state index contributed by atoms with van der Waals surface area (Å²) in [6.07, 6.45) is 2.58. The number of rotatable bonds is 1. The van der Waals surface area contributed by atoms with E-state index in [0.29, 0.717) is 11.5 Å². The number of nitrogens with two attached hydrogens (primary N) is 1. The van der Waals surface area contributed by atoms with Gasteiger partial charge in [-0.05, 0) is 76.1 Å². The summed E-state index contributed by atoms with van der Waals surface area (Å²) in [6, 6.07) is 29.7. The standard InChI is InChI=1S/C30H24N4O/c1-34-28(32)33-30(35-34)26-14-22(21-8-2-5-19(13-21)18-31)11-12-23(26)15-29(30)16-24-9-3-6-20-7-4-10-25(17-29)27(20)24/h2-14H,15-17H2,1H3,(H2,32,33). The Bertz CT molecular complexity index is 1570. The van der Waals surface area contributed by atoms with Crippen LogP contribution in [0.2, 0.25) is 0 Å². The molecule has 0 saturated carbocycles. The van der Waals surface area contributed by atoms with Gasteiger partial charge in [-0.2, -0.15) is 5.26 Å².